The van der Waals surface area contributed by atoms with Gasteiger partial charge in [-0.1, -0.05) is 0 Å². The molecule has 0 bridgehead atoms. The fourth-order valence-corrected chi connectivity index (χ4v) is 1.21. The minimum absolute atomic E-state index is 0.0149. The first kappa shape index (κ1) is 12.7. The van der Waals surface area contributed by atoms with Crippen LogP contribution in [0.25, 0.3) is 0 Å². The lowest BCUT2D eigenvalue weighted by Crippen LogP contribution is -2.42. The number of hydrogen-bond acceptors (Lipinski definition) is 3. The van der Waals surface area contributed by atoms with Crippen molar-refractivity contribution < 1.29 is 4.79 Å². The van der Waals surface area contributed by atoms with Crippen LogP contribution < -0.4 is 11.1 Å². The number of rotatable bonds is 5. The molecular weight excluding hydrogens is 204 g/mol. The summed E-state index contributed by atoms with van der Waals surface area (Å²) in [6, 6.07) is 0. The maximum absolute atomic E-state index is 11.7. The molecule has 90 valence electrons. The molecule has 3 N–H and O–H groups in total. The van der Waals surface area contributed by atoms with Crippen LogP contribution >= 0.6 is 0 Å². The molecule has 0 aliphatic rings. The molecule has 0 unspecified atom stereocenters. The zero-order valence-electron chi connectivity index (χ0n) is 10.2. The second-order valence-electron chi connectivity index (χ2n) is 4.62. The number of amides is 1. The number of nitrogens with zero attached hydrogens (tertiary/aromatic N) is 2. The summed E-state index contributed by atoms with van der Waals surface area (Å²) in [7, 11) is 0. The number of carbonyl (C=O) groups is 1. The summed E-state index contributed by atoms with van der Waals surface area (Å²) in [5.41, 5.74) is 6.13. The van der Waals surface area contributed by atoms with Crippen molar-refractivity contribution in [2.24, 2.45) is 11.1 Å². The lowest BCUT2D eigenvalue weighted by molar-refractivity contribution is -0.128. The first-order chi connectivity index (χ1) is 7.45. The van der Waals surface area contributed by atoms with E-state index in [4.69, 9.17) is 5.73 Å². The van der Waals surface area contributed by atoms with E-state index in [1.165, 1.54) is 0 Å². The Balaban J connectivity index is 2.33. The van der Waals surface area contributed by atoms with Gasteiger partial charge in [-0.3, -0.25) is 9.48 Å². The third-order valence-electron chi connectivity index (χ3n) is 2.51. The highest BCUT2D eigenvalue weighted by Gasteiger charge is 2.24. The van der Waals surface area contributed by atoms with Crippen molar-refractivity contribution >= 4 is 5.91 Å². The normalized spacial score (nSPS) is 11.5. The van der Waals surface area contributed by atoms with Gasteiger partial charge in [-0.2, -0.15) is 5.10 Å². The second-order valence-corrected chi connectivity index (χ2v) is 4.62. The Morgan fingerprint density at radius 3 is 2.81 bits per heavy atom. The number of hydrogen-bond donors (Lipinski definition) is 2. The van der Waals surface area contributed by atoms with Gasteiger partial charge in [0.2, 0.25) is 5.91 Å². The van der Waals surface area contributed by atoms with Crippen LogP contribution in [-0.2, 0) is 11.3 Å². The zero-order valence-corrected chi connectivity index (χ0v) is 10.2. The molecule has 5 heteroatoms. The average molecular weight is 224 g/mol. The van der Waals surface area contributed by atoms with Gasteiger partial charge < -0.3 is 11.1 Å². The molecule has 0 spiro atoms. The quantitative estimate of drug-likeness (QED) is 0.755. The summed E-state index contributed by atoms with van der Waals surface area (Å²) in [5.74, 6) is -0.0149. The van der Waals surface area contributed by atoms with Crippen LogP contribution in [-0.4, -0.2) is 28.8 Å². The predicted octanol–water partition coefficient (Wildman–Crippen LogP) is 0.293. The lowest BCUT2D eigenvalue weighted by atomic mass is 9.93. The number of aryl methyl sites for hydroxylation is 1. The molecule has 1 rings (SSSR count). The van der Waals surface area contributed by atoms with Gasteiger partial charge in [0.25, 0.3) is 0 Å². The smallest absolute Gasteiger partial charge is 0.226 e. The van der Waals surface area contributed by atoms with Crippen molar-refractivity contribution in [1.29, 1.82) is 0 Å². The molecule has 1 heterocycles. The topological polar surface area (TPSA) is 72.9 Å². The van der Waals surface area contributed by atoms with E-state index in [9.17, 15) is 4.79 Å². The van der Waals surface area contributed by atoms with Crippen LogP contribution in [0.15, 0.2) is 12.4 Å². The number of aromatic nitrogens is 2. The van der Waals surface area contributed by atoms with E-state index < -0.39 is 5.41 Å². The minimum atomic E-state index is -0.500. The van der Waals surface area contributed by atoms with Crippen LogP contribution in [0.5, 0.6) is 0 Å². The summed E-state index contributed by atoms with van der Waals surface area (Å²) in [4.78, 5) is 11.7. The fourth-order valence-electron chi connectivity index (χ4n) is 1.21. The molecule has 0 atom stereocenters. The Hall–Kier alpha value is -1.36. The monoisotopic (exact) mass is 224 g/mol. The molecule has 0 aliphatic heterocycles. The molecular formula is C11H20N4O. The number of nitrogens with two attached hydrogens (primary N) is 1. The molecule has 0 radical (unpaired) electrons. The highest BCUT2D eigenvalue weighted by atomic mass is 16.2. The van der Waals surface area contributed by atoms with Crippen molar-refractivity contribution in [2.75, 3.05) is 13.1 Å². The third kappa shape index (κ3) is 3.34. The lowest BCUT2D eigenvalue weighted by Gasteiger charge is -2.21. The Morgan fingerprint density at radius 1 is 1.62 bits per heavy atom. The van der Waals surface area contributed by atoms with Crippen molar-refractivity contribution in [3.8, 4) is 0 Å². The molecule has 1 aromatic rings. The predicted molar refractivity (Wildman–Crippen MR) is 62.8 cm³/mol. The summed E-state index contributed by atoms with van der Waals surface area (Å²) in [6.07, 6.45) is 3.74. The van der Waals surface area contributed by atoms with Gasteiger partial charge in [0, 0.05) is 19.3 Å². The van der Waals surface area contributed by atoms with Crippen molar-refractivity contribution in [3.05, 3.63) is 18.0 Å². The van der Waals surface area contributed by atoms with E-state index in [1.807, 2.05) is 31.6 Å². The van der Waals surface area contributed by atoms with Crippen molar-refractivity contribution in [1.82, 2.24) is 15.1 Å². The van der Waals surface area contributed by atoms with Gasteiger partial charge in [0.15, 0.2) is 0 Å². The highest BCUT2D eigenvalue weighted by Crippen LogP contribution is 2.11. The summed E-state index contributed by atoms with van der Waals surface area (Å²) in [6.45, 7) is 7.25. The van der Waals surface area contributed by atoms with Gasteiger partial charge in [0.1, 0.15) is 0 Å². The van der Waals surface area contributed by atoms with Crippen LogP contribution in [0.4, 0.5) is 0 Å². The van der Waals surface area contributed by atoms with E-state index in [0.717, 1.165) is 5.56 Å². The van der Waals surface area contributed by atoms with E-state index in [2.05, 4.69) is 10.4 Å². The van der Waals surface area contributed by atoms with Crippen LogP contribution in [0.2, 0.25) is 0 Å². The maximum atomic E-state index is 11.7. The van der Waals surface area contributed by atoms with Crippen LogP contribution in [0.3, 0.4) is 0 Å². The van der Waals surface area contributed by atoms with Crippen LogP contribution in [0.1, 0.15) is 19.4 Å². The fraction of sp³-hybridized carbons (Fsp3) is 0.636. The van der Waals surface area contributed by atoms with Gasteiger partial charge in [0.05, 0.1) is 18.2 Å². The van der Waals surface area contributed by atoms with Gasteiger partial charge >= 0.3 is 0 Å². The third-order valence-corrected chi connectivity index (χ3v) is 2.51. The van der Waals surface area contributed by atoms with Gasteiger partial charge in [-0.05, 0) is 26.3 Å². The van der Waals surface area contributed by atoms with Gasteiger partial charge in [-0.25, -0.2) is 0 Å². The zero-order chi connectivity index (χ0) is 12.2. The van der Waals surface area contributed by atoms with Crippen LogP contribution in [0, 0.1) is 12.3 Å². The molecule has 0 aliphatic carbocycles. The Bertz CT molecular complexity index is 357. The van der Waals surface area contributed by atoms with E-state index in [1.54, 1.807) is 6.20 Å². The molecule has 1 amide bonds. The molecule has 0 saturated carbocycles. The molecule has 0 aromatic carbocycles. The minimum Gasteiger partial charge on any atom is -0.354 e. The summed E-state index contributed by atoms with van der Waals surface area (Å²) >= 11 is 0. The Morgan fingerprint density at radius 2 is 2.31 bits per heavy atom. The maximum Gasteiger partial charge on any atom is 0.226 e. The van der Waals surface area contributed by atoms with Crippen molar-refractivity contribution in [3.63, 3.8) is 0 Å². The molecule has 0 saturated heterocycles. The standard InChI is InChI=1S/C11H20N4O/c1-9-6-14-15(7-9)5-4-13-10(16)11(2,3)8-12/h6-7H,4-5,8,12H2,1-3H3,(H,13,16). The first-order valence-corrected chi connectivity index (χ1v) is 5.43. The second kappa shape index (κ2) is 5.12. The van der Waals surface area contributed by atoms with Gasteiger partial charge in [-0.15, -0.1) is 0 Å². The van der Waals surface area contributed by atoms with E-state index in [-0.39, 0.29) is 5.91 Å². The SMILES string of the molecule is Cc1cnn(CCNC(=O)C(C)(C)CN)c1. The average Bonchev–Trinajstić information content (AvgIpc) is 2.64. The van der Waals surface area contributed by atoms with Crippen molar-refractivity contribution in [2.45, 2.75) is 27.3 Å². The molecule has 5 nitrogen and oxygen atoms in total. The number of carbonyl (C=O) groups excluding carboxylic acids is 1. The Labute approximate surface area is 96.0 Å². The number of nitrogens with one attached hydrogen (secondary N) is 1. The summed E-state index contributed by atoms with van der Waals surface area (Å²) < 4.78 is 1.81. The molecule has 0 fully saturated rings. The first-order valence-electron chi connectivity index (χ1n) is 5.43. The molecule has 16 heavy (non-hydrogen) atoms. The largest absolute Gasteiger partial charge is 0.354 e. The summed E-state index contributed by atoms with van der Waals surface area (Å²) in [5, 5.41) is 6.99. The Kier molecular flexibility index (Phi) is 4.06. The molecule has 1 aromatic heterocycles. The van der Waals surface area contributed by atoms with E-state index in [0.29, 0.717) is 19.6 Å². The van der Waals surface area contributed by atoms with E-state index >= 15 is 0 Å². The highest BCUT2D eigenvalue weighted by molar-refractivity contribution is 5.81.